The fraction of sp³-hybridized carbons (Fsp3) is 0.0526. The Morgan fingerprint density at radius 2 is 1.87 bits per heavy atom. The van der Waals surface area contributed by atoms with E-state index >= 15 is 0 Å². The number of halogens is 1. The van der Waals surface area contributed by atoms with Crippen LogP contribution in [-0.4, -0.2) is 11.6 Å². The van der Waals surface area contributed by atoms with E-state index in [-0.39, 0.29) is 5.56 Å². The van der Waals surface area contributed by atoms with Gasteiger partial charge in [-0.1, -0.05) is 54.6 Å². The largest absolute Gasteiger partial charge is 0.271 e. The first-order valence-corrected chi connectivity index (χ1v) is 7.15. The predicted octanol–water partition coefficient (Wildman–Crippen LogP) is 4.20. The second kappa shape index (κ2) is 8.44. The van der Waals surface area contributed by atoms with E-state index in [1.54, 1.807) is 13.0 Å². The Bertz CT molecular complexity index is 749. The summed E-state index contributed by atoms with van der Waals surface area (Å²) >= 11 is 0. The van der Waals surface area contributed by atoms with E-state index in [0.29, 0.717) is 5.71 Å². The SMILES string of the molecule is CC(/C=C/C=C/c1ccccc1)=N/NC(=O)c1cccc(F)c1. The summed E-state index contributed by atoms with van der Waals surface area (Å²) < 4.78 is 13.0. The number of nitrogens with zero attached hydrogens (tertiary/aromatic N) is 1. The average Bonchev–Trinajstić information content (AvgIpc) is 2.57. The third kappa shape index (κ3) is 5.71. The van der Waals surface area contributed by atoms with Crippen LogP contribution in [0.5, 0.6) is 0 Å². The molecule has 0 saturated heterocycles. The molecule has 0 aromatic heterocycles. The molecule has 0 saturated carbocycles. The number of hydrazone groups is 1. The highest BCUT2D eigenvalue weighted by Gasteiger charge is 2.04. The van der Waals surface area contributed by atoms with Crippen molar-refractivity contribution in [1.82, 2.24) is 5.43 Å². The predicted molar refractivity (Wildman–Crippen MR) is 91.6 cm³/mol. The molecule has 23 heavy (non-hydrogen) atoms. The maximum atomic E-state index is 13.0. The number of carbonyl (C=O) groups is 1. The van der Waals surface area contributed by atoms with Gasteiger partial charge in [-0.2, -0.15) is 5.10 Å². The number of carbonyl (C=O) groups excluding carboxylic acids is 1. The first-order chi connectivity index (χ1) is 11.1. The Morgan fingerprint density at radius 1 is 1.09 bits per heavy atom. The van der Waals surface area contributed by atoms with E-state index in [4.69, 9.17) is 0 Å². The summed E-state index contributed by atoms with van der Waals surface area (Å²) in [7, 11) is 0. The molecule has 0 aliphatic rings. The number of hydrogen-bond acceptors (Lipinski definition) is 2. The van der Waals surface area contributed by atoms with Crippen LogP contribution in [0, 0.1) is 5.82 Å². The topological polar surface area (TPSA) is 41.5 Å². The summed E-state index contributed by atoms with van der Waals surface area (Å²) in [5, 5.41) is 3.95. The minimum absolute atomic E-state index is 0.231. The summed E-state index contributed by atoms with van der Waals surface area (Å²) in [6.07, 6.45) is 7.46. The second-order valence-corrected chi connectivity index (χ2v) is 4.83. The fourth-order valence-electron chi connectivity index (χ4n) is 1.80. The molecule has 3 nitrogen and oxygen atoms in total. The Kier molecular flexibility index (Phi) is 6.00. The van der Waals surface area contributed by atoms with Gasteiger partial charge in [-0.05, 0) is 36.8 Å². The molecule has 1 N–H and O–H groups in total. The molecule has 116 valence electrons. The average molecular weight is 308 g/mol. The lowest BCUT2D eigenvalue weighted by Crippen LogP contribution is -2.18. The molecule has 1 amide bonds. The monoisotopic (exact) mass is 308 g/mol. The molecule has 0 radical (unpaired) electrons. The van der Waals surface area contributed by atoms with Crippen molar-refractivity contribution in [3.8, 4) is 0 Å². The molecule has 0 spiro atoms. The minimum atomic E-state index is -0.454. The van der Waals surface area contributed by atoms with Crippen LogP contribution in [0.15, 0.2) is 77.9 Å². The van der Waals surface area contributed by atoms with E-state index in [9.17, 15) is 9.18 Å². The van der Waals surface area contributed by atoms with Crippen LogP contribution in [0.3, 0.4) is 0 Å². The molecule has 0 aliphatic heterocycles. The van der Waals surface area contributed by atoms with Gasteiger partial charge in [0, 0.05) is 5.56 Å². The van der Waals surface area contributed by atoms with Crippen molar-refractivity contribution in [2.75, 3.05) is 0 Å². The molecular weight excluding hydrogens is 291 g/mol. The molecule has 2 aromatic carbocycles. The van der Waals surface area contributed by atoms with Gasteiger partial charge in [-0.25, -0.2) is 9.82 Å². The van der Waals surface area contributed by atoms with Crippen molar-refractivity contribution in [3.63, 3.8) is 0 Å². The third-order valence-electron chi connectivity index (χ3n) is 2.96. The molecule has 2 rings (SSSR count). The number of allylic oxidation sites excluding steroid dienone is 3. The summed E-state index contributed by atoms with van der Waals surface area (Å²) in [6.45, 7) is 1.76. The van der Waals surface area contributed by atoms with Crippen LogP contribution in [0.1, 0.15) is 22.8 Å². The number of nitrogens with one attached hydrogen (secondary N) is 1. The van der Waals surface area contributed by atoms with Crippen LogP contribution >= 0.6 is 0 Å². The molecule has 0 atom stereocenters. The Balaban J connectivity index is 1.89. The molecule has 0 aliphatic carbocycles. The van der Waals surface area contributed by atoms with Crippen molar-refractivity contribution in [2.24, 2.45) is 5.10 Å². The lowest BCUT2D eigenvalue weighted by molar-refractivity contribution is 0.0954. The van der Waals surface area contributed by atoms with Crippen LogP contribution in [0.2, 0.25) is 0 Å². The van der Waals surface area contributed by atoms with Crippen LogP contribution in [-0.2, 0) is 0 Å². The Labute approximate surface area is 134 Å². The first kappa shape index (κ1) is 16.4. The highest BCUT2D eigenvalue weighted by molar-refractivity contribution is 5.97. The zero-order valence-electron chi connectivity index (χ0n) is 12.7. The van der Waals surface area contributed by atoms with Gasteiger partial charge in [0.2, 0.25) is 0 Å². The first-order valence-electron chi connectivity index (χ1n) is 7.15. The van der Waals surface area contributed by atoms with Crippen molar-refractivity contribution in [2.45, 2.75) is 6.92 Å². The maximum Gasteiger partial charge on any atom is 0.271 e. The Morgan fingerprint density at radius 3 is 2.61 bits per heavy atom. The van der Waals surface area contributed by atoms with E-state index in [0.717, 1.165) is 5.56 Å². The van der Waals surface area contributed by atoms with Gasteiger partial charge < -0.3 is 0 Å². The van der Waals surface area contributed by atoms with Gasteiger partial charge in [-0.15, -0.1) is 0 Å². The molecule has 0 unspecified atom stereocenters. The smallest absolute Gasteiger partial charge is 0.267 e. The van der Waals surface area contributed by atoms with Gasteiger partial charge in [0.1, 0.15) is 5.82 Å². The normalized spacial score (nSPS) is 12.0. The summed E-state index contributed by atoms with van der Waals surface area (Å²) in [6, 6.07) is 15.4. The molecule has 0 bridgehead atoms. The lowest BCUT2D eigenvalue weighted by atomic mass is 10.2. The summed E-state index contributed by atoms with van der Waals surface area (Å²) in [5.41, 5.74) is 4.36. The van der Waals surface area contributed by atoms with Crippen molar-refractivity contribution >= 4 is 17.7 Å². The second-order valence-electron chi connectivity index (χ2n) is 4.83. The quantitative estimate of drug-likeness (QED) is 0.502. The lowest BCUT2D eigenvalue weighted by Gasteiger charge is -2.00. The van der Waals surface area contributed by atoms with Crippen LogP contribution in [0.25, 0.3) is 6.08 Å². The maximum absolute atomic E-state index is 13.0. The van der Waals surface area contributed by atoms with E-state index in [1.807, 2.05) is 48.6 Å². The number of hydrogen-bond donors (Lipinski definition) is 1. The highest BCUT2D eigenvalue weighted by atomic mass is 19.1. The molecule has 4 heteroatoms. The zero-order valence-corrected chi connectivity index (χ0v) is 12.7. The molecule has 0 fully saturated rings. The van der Waals surface area contributed by atoms with Gasteiger partial charge in [0.25, 0.3) is 5.91 Å². The van der Waals surface area contributed by atoms with Gasteiger partial charge in [0.05, 0.1) is 5.71 Å². The zero-order chi connectivity index (χ0) is 16.5. The fourth-order valence-corrected chi connectivity index (χ4v) is 1.80. The van der Waals surface area contributed by atoms with Gasteiger partial charge in [-0.3, -0.25) is 4.79 Å². The summed E-state index contributed by atoms with van der Waals surface area (Å²) in [5.74, 6) is -0.902. The van der Waals surface area contributed by atoms with E-state index in [2.05, 4.69) is 10.5 Å². The van der Waals surface area contributed by atoms with E-state index in [1.165, 1.54) is 24.3 Å². The highest BCUT2D eigenvalue weighted by Crippen LogP contribution is 2.03. The summed E-state index contributed by atoms with van der Waals surface area (Å²) in [4.78, 5) is 11.8. The van der Waals surface area contributed by atoms with E-state index < -0.39 is 11.7 Å². The number of rotatable bonds is 5. The minimum Gasteiger partial charge on any atom is -0.267 e. The standard InChI is InChI=1S/C19H17FN2O/c1-15(8-5-6-11-16-9-3-2-4-10-16)21-22-19(23)17-12-7-13-18(20)14-17/h2-14H,1H3,(H,22,23)/b8-5+,11-6+,21-15-. The van der Waals surface area contributed by atoms with Crippen molar-refractivity contribution in [3.05, 3.63) is 89.8 Å². The van der Waals surface area contributed by atoms with Crippen molar-refractivity contribution < 1.29 is 9.18 Å². The molecule has 2 aromatic rings. The third-order valence-corrected chi connectivity index (χ3v) is 2.96. The number of amides is 1. The van der Waals surface area contributed by atoms with Gasteiger partial charge in [0.15, 0.2) is 0 Å². The van der Waals surface area contributed by atoms with Crippen LogP contribution in [0.4, 0.5) is 4.39 Å². The van der Waals surface area contributed by atoms with Crippen molar-refractivity contribution in [1.29, 1.82) is 0 Å². The number of benzene rings is 2. The van der Waals surface area contributed by atoms with Gasteiger partial charge >= 0.3 is 0 Å². The Hall–Kier alpha value is -3.01. The van der Waals surface area contributed by atoms with Crippen LogP contribution < -0.4 is 5.43 Å². The molecule has 0 heterocycles. The molecular formula is C19H17FN2O.